The van der Waals surface area contributed by atoms with Crippen LogP contribution in [0.4, 0.5) is 61.7 Å². The van der Waals surface area contributed by atoms with Crippen LogP contribution in [0.3, 0.4) is 0 Å². The number of carbonyl (C=O) groups excluding carboxylic acids is 3. The van der Waals surface area contributed by atoms with Gasteiger partial charge in [-0.2, -0.15) is 54.1 Å². The normalized spacial score (nSPS) is 15.1. The lowest BCUT2D eigenvalue weighted by molar-refractivity contribution is 0.105. The smallest absolute Gasteiger partial charge is 0.323 e. The summed E-state index contributed by atoms with van der Waals surface area (Å²) in [5.74, 6) is -2.33. The molecular weight excluding hydrogens is 1080 g/mol. The molecule has 0 saturated heterocycles. The van der Waals surface area contributed by atoms with E-state index in [9.17, 15) is 66.3 Å². The first kappa shape index (κ1) is 53.1. The Labute approximate surface area is 429 Å². The lowest BCUT2D eigenvalue weighted by atomic mass is 9.92. The van der Waals surface area contributed by atoms with Crippen LogP contribution in [0, 0.1) is 0 Å². The maximum atomic E-state index is 13.7. The van der Waals surface area contributed by atoms with E-state index < -0.39 is 134 Å². The third kappa shape index (κ3) is 11.6. The molecule has 76 heavy (non-hydrogen) atoms. The summed E-state index contributed by atoms with van der Waals surface area (Å²) in [5.41, 5.74) is 12.5. The van der Waals surface area contributed by atoms with Crippen LogP contribution in [-0.2, 0) is 40.5 Å². The number of carbonyl (C=O) groups is 3. The van der Waals surface area contributed by atoms with Crippen molar-refractivity contribution in [3.05, 3.63) is 153 Å². The first-order chi connectivity index (χ1) is 35.8. The van der Waals surface area contributed by atoms with Crippen molar-refractivity contribution in [2.75, 3.05) is 33.0 Å². The minimum Gasteiger partial charge on any atom is -0.396 e. The Kier molecular flexibility index (Phi) is 14.4. The number of benzene rings is 6. The van der Waals surface area contributed by atoms with Crippen molar-refractivity contribution in [1.82, 2.24) is 0 Å². The second-order valence-electron chi connectivity index (χ2n) is 15.7. The Hall–Kier alpha value is -9.21. The van der Waals surface area contributed by atoms with Crippen molar-refractivity contribution in [1.29, 1.82) is 0 Å². The van der Waals surface area contributed by atoms with Gasteiger partial charge < -0.3 is 22.1 Å². The fraction of sp³-hybridized carbons (Fsp3) is 0. The zero-order valence-corrected chi connectivity index (χ0v) is 41.2. The summed E-state index contributed by atoms with van der Waals surface area (Å²) in [6, 6.07) is 27.4. The van der Waals surface area contributed by atoms with Gasteiger partial charge in [0.05, 0.1) is 45.3 Å². The number of allylic oxidation sites excluding steroid dienone is 2. The van der Waals surface area contributed by atoms with Crippen molar-refractivity contribution >= 4 is 139 Å². The van der Waals surface area contributed by atoms with Crippen LogP contribution in [0.5, 0.6) is 0 Å². The molecule has 0 fully saturated rings. The number of hydrogen-bond acceptors (Lipinski definition) is 21. The highest BCUT2D eigenvalue weighted by molar-refractivity contribution is 7.91. The van der Waals surface area contributed by atoms with E-state index in [1.165, 1.54) is 48.5 Å². The van der Waals surface area contributed by atoms with Gasteiger partial charge >= 0.3 is 6.03 Å². The third-order valence-electron chi connectivity index (χ3n) is 10.6. The van der Waals surface area contributed by atoms with Gasteiger partial charge in [-0.05, 0) is 108 Å². The Morgan fingerprint density at radius 1 is 0.447 bits per heavy atom. The molecular formula is C45H34N12O15S4. The number of para-hydroxylation sites is 2. The number of fused-ring (bicyclic) bond motifs is 2. The van der Waals surface area contributed by atoms with Gasteiger partial charge in [0, 0.05) is 11.4 Å². The highest BCUT2D eigenvalue weighted by Crippen LogP contribution is 2.43. The number of nitrogens with two attached hydrogens (primary N) is 2. The summed E-state index contributed by atoms with van der Waals surface area (Å²) in [5, 5.41) is 28.5. The van der Waals surface area contributed by atoms with Crippen molar-refractivity contribution in [2.45, 2.75) is 9.79 Å². The average Bonchev–Trinajstić information content (AvgIpc) is 3.40. The molecule has 0 heterocycles. The standard InChI is InChI=1S/C45H34N12O15S4/c46-37-35-23(21-33(75(67,68)69)41(43(35)58)56-50-27-7-3-1-4-8-27)19-31(73(61,62)63)39(37)54-52-29-15-11-25(12-16-29)48-45(60)49-26-13-17-30(18-14-26)53-55-40-32(74(64,65)66)20-24-22-34(76(70,71)72)42(44(59)36(24)38(40)47)57-51-28-9-5-2-6-10-28/h1-22,50-51H,46-47H2,(H2,48,49,60)(H,61,62,63)(H,64,65,66)(H,67,68,69)(H,70,71,72)/b54-52?,55-53?,56-41+,57-42+. The minimum absolute atomic E-state index is 0.0358. The second kappa shape index (κ2) is 20.6. The zero-order chi connectivity index (χ0) is 54.9. The summed E-state index contributed by atoms with van der Waals surface area (Å²) in [6.45, 7) is 0. The fourth-order valence-electron chi connectivity index (χ4n) is 7.19. The maximum absolute atomic E-state index is 13.7. The van der Waals surface area contributed by atoms with Crippen LogP contribution in [0.1, 0.15) is 31.8 Å². The van der Waals surface area contributed by atoms with Crippen molar-refractivity contribution in [3.8, 4) is 0 Å². The van der Waals surface area contributed by atoms with Gasteiger partial charge in [0.15, 0.2) is 11.4 Å². The molecule has 6 aromatic carbocycles. The fourth-order valence-corrected chi connectivity index (χ4v) is 9.85. The summed E-state index contributed by atoms with van der Waals surface area (Å²) in [7, 11) is -20.6. The third-order valence-corrected chi connectivity index (χ3v) is 14.1. The highest BCUT2D eigenvalue weighted by atomic mass is 32.2. The number of nitrogen functional groups attached to an aromatic ring is 2. The number of ketones is 2. The van der Waals surface area contributed by atoms with Gasteiger partial charge in [-0.25, -0.2) is 4.79 Å². The molecule has 31 heteroatoms. The molecule has 8 rings (SSSR count). The molecule has 0 bridgehead atoms. The second-order valence-corrected chi connectivity index (χ2v) is 21.3. The first-order valence-corrected chi connectivity index (χ1v) is 26.8. The number of nitrogens with one attached hydrogen (secondary N) is 4. The molecule has 0 atom stereocenters. The van der Waals surface area contributed by atoms with E-state index in [1.54, 1.807) is 60.7 Å². The molecule has 2 aliphatic rings. The van der Waals surface area contributed by atoms with Gasteiger partial charge in [-0.15, -0.1) is 10.2 Å². The Balaban J connectivity index is 0.977. The summed E-state index contributed by atoms with van der Waals surface area (Å²) in [6.07, 6.45) is 1.49. The number of Topliss-reactive ketones (excluding diaryl/α,β-unsaturated/α-hetero) is 2. The molecule has 0 spiro atoms. The minimum atomic E-state index is -5.18. The zero-order valence-electron chi connectivity index (χ0n) is 38.0. The number of hydrogen-bond donors (Lipinski definition) is 10. The topological polar surface area (TPSA) is 443 Å². The van der Waals surface area contributed by atoms with Crippen LogP contribution in [0.15, 0.2) is 172 Å². The molecule has 388 valence electrons. The van der Waals surface area contributed by atoms with E-state index >= 15 is 0 Å². The van der Waals surface area contributed by atoms with Crippen molar-refractivity contribution < 1.29 is 66.3 Å². The number of urea groups is 1. The molecule has 12 N–H and O–H groups in total. The van der Waals surface area contributed by atoms with E-state index in [-0.39, 0.29) is 22.7 Å². The van der Waals surface area contributed by atoms with Gasteiger partial charge in [0.2, 0.25) is 11.6 Å². The largest absolute Gasteiger partial charge is 0.396 e. The summed E-state index contributed by atoms with van der Waals surface area (Å²) >= 11 is 0. The predicted octanol–water partition coefficient (Wildman–Crippen LogP) is 7.61. The SMILES string of the molecule is Nc1c(N=Nc2ccc(NC(=O)Nc3ccc(N=Nc4c(S(=O)(=O)O)cc5c(c4N)C(=O)/C(=N/Nc4ccccc4)C(S(=O)(=O)O)=C5)cc3)cc2)c(S(=O)(=O)O)cc2c1C(=O)/C(=N/Nc1ccccc1)C(S(=O)(=O)O)=C2. The van der Waals surface area contributed by atoms with Crippen LogP contribution in [-0.4, -0.2) is 80.9 Å². The first-order valence-electron chi connectivity index (χ1n) is 21.0. The van der Waals surface area contributed by atoms with E-state index in [0.717, 1.165) is 12.2 Å². The van der Waals surface area contributed by atoms with Crippen molar-refractivity contribution in [2.24, 2.45) is 30.7 Å². The summed E-state index contributed by atoms with van der Waals surface area (Å²) < 4.78 is 140. The average molecular weight is 1110 g/mol. The highest BCUT2D eigenvalue weighted by Gasteiger charge is 2.39. The lowest BCUT2D eigenvalue weighted by Gasteiger charge is -2.20. The monoisotopic (exact) mass is 1110 g/mol. The van der Waals surface area contributed by atoms with Crippen molar-refractivity contribution in [3.63, 3.8) is 0 Å². The molecule has 6 aromatic rings. The van der Waals surface area contributed by atoms with Gasteiger partial charge in [0.25, 0.3) is 40.5 Å². The molecule has 0 radical (unpaired) electrons. The number of azo groups is 2. The van der Waals surface area contributed by atoms with E-state index in [1.807, 2.05) is 0 Å². The number of anilines is 6. The van der Waals surface area contributed by atoms with Crippen LogP contribution < -0.4 is 33.0 Å². The van der Waals surface area contributed by atoms with E-state index in [4.69, 9.17) is 11.5 Å². The summed E-state index contributed by atoms with van der Waals surface area (Å²) in [4.78, 5) is 36.5. The van der Waals surface area contributed by atoms with Gasteiger partial charge in [0.1, 0.15) is 31.0 Å². The Bertz CT molecular complexity index is 3830. The molecule has 0 unspecified atom stereocenters. The number of amides is 2. The predicted molar refractivity (Wildman–Crippen MR) is 278 cm³/mol. The van der Waals surface area contributed by atoms with Crippen LogP contribution >= 0.6 is 0 Å². The van der Waals surface area contributed by atoms with Crippen LogP contribution in [0.25, 0.3) is 12.2 Å². The van der Waals surface area contributed by atoms with Gasteiger partial charge in [-0.1, -0.05) is 36.4 Å². The number of nitrogens with zero attached hydrogens (tertiary/aromatic N) is 6. The Morgan fingerprint density at radius 2 is 0.789 bits per heavy atom. The number of hydrazone groups is 2. The molecule has 2 amide bonds. The molecule has 0 aromatic heterocycles. The Morgan fingerprint density at radius 3 is 1.11 bits per heavy atom. The maximum Gasteiger partial charge on any atom is 0.323 e. The van der Waals surface area contributed by atoms with Gasteiger partial charge in [-0.3, -0.25) is 38.7 Å². The molecule has 0 aliphatic heterocycles. The molecule has 2 aliphatic carbocycles. The molecule has 27 nitrogen and oxygen atoms in total. The molecule has 0 saturated carbocycles. The van der Waals surface area contributed by atoms with Crippen LogP contribution in [0.2, 0.25) is 0 Å². The van der Waals surface area contributed by atoms with E-state index in [0.29, 0.717) is 23.5 Å². The lowest BCUT2D eigenvalue weighted by Crippen LogP contribution is -2.28. The number of rotatable bonds is 14. The van der Waals surface area contributed by atoms with E-state index in [2.05, 4.69) is 52.1 Å². The quantitative estimate of drug-likeness (QED) is 0.0217.